The van der Waals surface area contributed by atoms with Gasteiger partial charge in [0.1, 0.15) is 11.3 Å². The number of likely N-dealkylation sites (tertiary alicyclic amines) is 1. The monoisotopic (exact) mass is 431 g/mol. The number of aryl methyl sites for hydroxylation is 1. The molecule has 10 nitrogen and oxygen atoms in total. The third-order valence-electron chi connectivity index (χ3n) is 6.57. The third kappa shape index (κ3) is 4.42. The number of amides is 5. The fourth-order valence-corrected chi connectivity index (χ4v) is 4.79. The van der Waals surface area contributed by atoms with Crippen molar-refractivity contribution in [3.05, 3.63) is 11.8 Å². The molecule has 31 heavy (non-hydrogen) atoms. The maximum atomic E-state index is 12.6. The fourth-order valence-electron chi connectivity index (χ4n) is 4.79. The number of anilines is 1. The predicted octanol–water partition coefficient (Wildman–Crippen LogP) is 1.80. The van der Waals surface area contributed by atoms with E-state index in [1.54, 1.807) is 17.9 Å². The third-order valence-corrected chi connectivity index (χ3v) is 6.57. The lowest BCUT2D eigenvalue weighted by Gasteiger charge is -2.31. The number of hydrogen-bond acceptors (Lipinski definition) is 6. The highest BCUT2D eigenvalue weighted by molar-refractivity contribution is 6.07. The van der Waals surface area contributed by atoms with E-state index in [1.807, 2.05) is 0 Å². The van der Waals surface area contributed by atoms with Gasteiger partial charge in [0.2, 0.25) is 11.8 Å². The number of rotatable bonds is 6. The van der Waals surface area contributed by atoms with Crippen LogP contribution < -0.4 is 10.6 Å². The number of carbonyl (C=O) groups is 4. The number of imide groups is 1. The number of urea groups is 1. The SMILES string of the molecule is Cc1cc(NC(=O)C2CCN(C(=O)CCCN3C(=O)NC4(CCCC4)C3=O)CC2)no1. The molecule has 0 bridgehead atoms. The minimum atomic E-state index is -0.700. The van der Waals surface area contributed by atoms with E-state index in [-0.39, 0.29) is 42.6 Å². The number of hydrogen-bond donors (Lipinski definition) is 2. The molecule has 3 aliphatic rings. The zero-order valence-corrected chi connectivity index (χ0v) is 17.8. The average Bonchev–Trinajstić information content (AvgIpc) is 3.45. The highest BCUT2D eigenvalue weighted by atomic mass is 16.5. The van der Waals surface area contributed by atoms with Gasteiger partial charge >= 0.3 is 6.03 Å². The van der Waals surface area contributed by atoms with Crippen molar-refractivity contribution in [2.24, 2.45) is 5.92 Å². The Labute approximate surface area is 180 Å². The maximum absolute atomic E-state index is 12.6. The molecule has 0 radical (unpaired) electrons. The van der Waals surface area contributed by atoms with E-state index in [1.165, 1.54) is 4.90 Å². The summed E-state index contributed by atoms with van der Waals surface area (Å²) < 4.78 is 4.95. The van der Waals surface area contributed by atoms with Gasteiger partial charge in [-0.25, -0.2) is 4.79 Å². The zero-order chi connectivity index (χ0) is 22.0. The van der Waals surface area contributed by atoms with Crippen molar-refractivity contribution in [3.8, 4) is 0 Å². The normalized spacial score (nSPS) is 21.1. The van der Waals surface area contributed by atoms with Gasteiger partial charge in [-0.3, -0.25) is 19.3 Å². The quantitative estimate of drug-likeness (QED) is 0.662. The molecule has 2 aliphatic heterocycles. The van der Waals surface area contributed by atoms with Crippen molar-refractivity contribution in [2.45, 2.75) is 63.8 Å². The van der Waals surface area contributed by atoms with Gasteiger partial charge in [-0.2, -0.15) is 0 Å². The smallest absolute Gasteiger partial charge is 0.325 e. The molecule has 3 fully saturated rings. The first kappa shape index (κ1) is 21.3. The number of nitrogens with one attached hydrogen (secondary N) is 2. The van der Waals surface area contributed by atoms with Crippen molar-refractivity contribution < 1.29 is 23.7 Å². The highest BCUT2D eigenvalue weighted by Crippen LogP contribution is 2.35. The molecule has 1 aromatic rings. The van der Waals surface area contributed by atoms with Crippen LogP contribution in [0.1, 0.15) is 57.1 Å². The van der Waals surface area contributed by atoms with Crippen LogP contribution in [-0.2, 0) is 14.4 Å². The Bertz CT molecular complexity index is 867. The molecule has 2 N–H and O–H groups in total. The molecule has 4 rings (SSSR count). The van der Waals surface area contributed by atoms with Crippen molar-refractivity contribution in [3.63, 3.8) is 0 Å². The second-order valence-corrected chi connectivity index (χ2v) is 8.75. The summed E-state index contributed by atoms with van der Waals surface area (Å²) in [5, 5.41) is 9.37. The number of carbonyl (C=O) groups excluding carboxylic acids is 4. The fraction of sp³-hybridized carbons (Fsp3) is 0.667. The molecular formula is C21H29N5O5. The summed E-state index contributed by atoms with van der Waals surface area (Å²) in [6.45, 7) is 3.04. The van der Waals surface area contributed by atoms with Gasteiger partial charge in [0, 0.05) is 38.0 Å². The van der Waals surface area contributed by atoms with Crippen LogP contribution in [0.25, 0.3) is 0 Å². The first-order valence-corrected chi connectivity index (χ1v) is 11.0. The maximum Gasteiger partial charge on any atom is 0.325 e. The summed E-state index contributed by atoms with van der Waals surface area (Å²) in [5.74, 6) is 0.600. The van der Waals surface area contributed by atoms with Gasteiger partial charge in [-0.05, 0) is 39.0 Å². The van der Waals surface area contributed by atoms with Crippen LogP contribution >= 0.6 is 0 Å². The van der Waals surface area contributed by atoms with E-state index in [2.05, 4.69) is 15.8 Å². The van der Waals surface area contributed by atoms with Gasteiger partial charge in [-0.1, -0.05) is 18.0 Å². The number of nitrogens with zero attached hydrogens (tertiary/aromatic N) is 3. The molecule has 1 saturated carbocycles. The Morgan fingerprint density at radius 1 is 1.26 bits per heavy atom. The molecule has 168 valence electrons. The second kappa shape index (κ2) is 8.68. The Hall–Kier alpha value is -2.91. The van der Waals surface area contributed by atoms with E-state index in [0.717, 1.165) is 12.8 Å². The first-order valence-electron chi connectivity index (χ1n) is 11.0. The van der Waals surface area contributed by atoms with E-state index >= 15 is 0 Å². The molecule has 2 saturated heterocycles. The van der Waals surface area contributed by atoms with E-state index in [4.69, 9.17) is 4.52 Å². The summed E-state index contributed by atoms with van der Waals surface area (Å²) in [7, 11) is 0. The lowest BCUT2D eigenvalue weighted by Crippen LogP contribution is -2.44. The van der Waals surface area contributed by atoms with E-state index in [9.17, 15) is 19.2 Å². The van der Waals surface area contributed by atoms with Crippen molar-refractivity contribution in [2.75, 3.05) is 25.0 Å². The molecule has 0 unspecified atom stereocenters. The molecule has 5 amide bonds. The first-order chi connectivity index (χ1) is 14.9. The van der Waals surface area contributed by atoms with Crippen LogP contribution in [0, 0.1) is 12.8 Å². The lowest BCUT2D eigenvalue weighted by atomic mass is 9.95. The Kier molecular flexibility index (Phi) is 5.97. The van der Waals surface area contributed by atoms with E-state index in [0.29, 0.717) is 56.8 Å². The van der Waals surface area contributed by atoms with Gasteiger partial charge in [0.15, 0.2) is 5.82 Å². The minimum Gasteiger partial charge on any atom is -0.360 e. The summed E-state index contributed by atoms with van der Waals surface area (Å²) in [6, 6.07) is 1.32. The van der Waals surface area contributed by atoms with Gasteiger partial charge in [0.25, 0.3) is 5.91 Å². The van der Waals surface area contributed by atoms with Crippen LogP contribution in [-0.4, -0.2) is 63.9 Å². The highest BCUT2D eigenvalue weighted by Gasteiger charge is 2.52. The Morgan fingerprint density at radius 3 is 2.61 bits per heavy atom. The van der Waals surface area contributed by atoms with Crippen molar-refractivity contribution >= 4 is 29.6 Å². The van der Waals surface area contributed by atoms with Crippen LogP contribution in [0.15, 0.2) is 10.6 Å². The molecule has 0 aromatic carbocycles. The van der Waals surface area contributed by atoms with Crippen LogP contribution in [0.2, 0.25) is 0 Å². The van der Waals surface area contributed by atoms with E-state index < -0.39 is 5.54 Å². The zero-order valence-electron chi connectivity index (χ0n) is 17.8. The molecule has 3 heterocycles. The molecule has 1 aromatic heterocycles. The molecular weight excluding hydrogens is 402 g/mol. The summed E-state index contributed by atoms with van der Waals surface area (Å²) in [4.78, 5) is 52.8. The molecule has 0 atom stereocenters. The largest absolute Gasteiger partial charge is 0.360 e. The lowest BCUT2D eigenvalue weighted by molar-refractivity contribution is -0.135. The summed E-state index contributed by atoms with van der Waals surface area (Å²) in [6.07, 6.45) is 5.19. The van der Waals surface area contributed by atoms with Crippen molar-refractivity contribution in [1.82, 2.24) is 20.3 Å². The minimum absolute atomic E-state index is 0.00591. The number of piperidine rings is 1. The average molecular weight is 431 g/mol. The van der Waals surface area contributed by atoms with Gasteiger partial charge in [-0.15, -0.1) is 0 Å². The predicted molar refractivity (Wildman–Crippen MR) is 110 cm³/mol. The Balaban J connectivity index is 1.19. The second-order valence-electron chi connectivity index (χ2n) is 8.75. The molecule has 1 aliphatic carbocycles. The summed E-state index contributed by atoms with van der Waals surface area (Å²) >= 11 is 0. The van der Waals surface area contributed by atoms with Gasteiger partial charge in [0.05, 0.1) is 0 Å². The number of aromatic nitrogens is 1. The van der Waals surface area contributed by atoms with Crippen molar-refractivity contribution in [1.29, 1.82) is 0 Å². The standard InChI is InChI=1S/C21H29N5O5/c1-14-13-16(24-31-14)22-18(28)15-6-11-25(12-7-15)17(27)5-4-10-26-19(29)21(23-20(26)30)8-2-3-9-21/h13,15H,2-12H2,1H3,(H,23,30)(H,22,24,28). The molecule has 1 spiro atoms. The Morgan fingerprint density at radius 2 is 1.97 bits per heavy atom. The molecule has 10 heteroatoms. The van der Waals surface area contributed by atoms with Crippen LogP contribution in [0.3, 0.4) is 0 Å². The summed E-state index contributed by atoms with van der Waals surface area (Å²) in [5.41, 5.74) is -0.700. The van der Waals surface area contributed by atoms with Gasteiger partial charge < -0.3 is 20.1 Å². The van der Waals surface area contributed by atoms with Crippen LogP contribution in [0.5, 0.6) is 0 Å². The van der Waals surface area contributed by atoms with Crippen LogP contribution in [0.4, 0.5) is 10.6 Å². The topological polar surface area (TPSA) is 125 Å².